The van der Waals surface area contributed by atoms with Crippen molar-refractivity contribution in [1.29, 1.82) is 5.26 Å². The number of hydrogen-bond donors (Lipinski definition) is 0. The molecule has 0 unspecified atom stereocenters. The molecular formula is C30H27FN4O3. The average Bonchev–Trinajstić information content (AvgIpc) is 3.36. The summed E-state index contributed by atoms with van der Waals surface area (Å²) >= 11 is 0. The molecule has 0 bridgehead atoms. The maximum atomic E-state index is 14.7. The SMILES string of the molecule is COc1ccc(-c2nn(-c3ccccc3)cc2/C=C2/C(=O)N(C3CCCCC3)C(=O)C(C#N)=C2C)cc1F. The summed E-state index contributed by atoms with van der Waals surface area (Å²) in [5.41, 5.74) is 2.83. The van der Waals surface area contributed by atoms with Crippen LogP contribution in [-0.4, -0.2) is 39.6 Å². The van der Waals surface area contributed by atoms with Crippen LogP contribution in [0.25, 0.3) is 23.0 Å². The summed E-state index contributed by atoms with van der Waals surface area (Å²) in [6.07, 6.45) is 7.80. The number of carbonyl (C=O) groups is 2. The van der Waals surface area contributed by atoms with Crippen molar-refractivity contribution in [3.05, 3.63) is 82.8 Å². The van der Waals surface area contributed by atoms with E-state index in [9.17, 15) is 19.2 Å². The van der Waals surface area contributed by atoms with Gasteiger partial charge >= 0.3 is 0 Å². The third-order valence-corrected chi connectivity index (χ3v) is 7.20. The van der Waals surface area contributed by atoms with Crippen molar-refractivity contribution in [2.24, 2.45) is 0 Å². The maximum Gasteiger partial charge on any atom is 0.271 e. The zero-order valence-corrected chi connectivity index (χ0v) is 21.3. The molecule has 1 aliphatic heterocycles. The second-order valence-corrected chi connectivity index (χ2v) is 9.50. The zero-order chi connectivity index (χ0) is 26.8. The quantitative estimate of drug-likeness (QED) is 0.329. The van der Waals surface area contributed by atoms with Gasteiger partial charge in [0.2, 0.25) is 0 Å². The fraction of sp³-hybridized carbons (Fsp3) is 0.267. The van der Waals surface area contributed by atoms with Crippen molar-refractivity contribution in [3.63, 3.8) is 0 Å². The molecule has 38 heavy (non-hydrogen) atoms. The number of methoxy groups -OCH3 is 1. The lowest BCUT2D eigenvalue weighted by atomic mass is 9.88. The highest BCUT2D eigenvalue weighted by Crippen LogP contribution is 2.35. The van der Waals surface area contributed by atoms with E-state index < -0.39 is 17.6 Å². The number of amides is 2. The molecule has 7 nitrogen and oxygen atoms in total. The van der Waals surface area contributed by atoms with Crippen LogP contribution >= 0.6 is 0 Å². The second-order valence-electron chi connectivity index (χ2n) is 9.50. The molecule has 0 atom stereocenters. The largest absolute Gasteiger partial charge is 0.494 e. The van der Waals surface area contributed by atoms with Gasteiger partial charge < -0.3 is 4.74 Å². The van der Waals surface area contributed by atoms with Crippen LogP contribution in [0.15, 0.2) is 71.4 Å². The highest BCUT2D eigenvalue weighted by atomic mass is 19.1. The Morgan fingerprint density at radius 1 is 1.08 bits per heavy atom. The van der Waals surface area contributed by atoms with E-state index in [1.807, 2.05) is 36.4 Å². The van der Waals surface area contributed by atoms with Crippen molar-refractivity contribution in [3.8, 4) is 28.8 Å². The first-order valence-electron chi connectivity index (χ1n) is 12.6. The van der Waals surface area contributed by atoms with E-state index in [0.29, 0.717) is 22.4 Å². The molecule has 0 N–H and O–H groups in total. The molecule has 192 valence electrons. The summed E-state index contributed by atoms with van der Waals surface area (Å²) in [6, 6.07) is 15.8. The predicted octanol–water partition coefficient (Wildman–Crippen LogP) is 5.61. The van der Waals surface area contributed by atoms with Gasteiger partial charge in [0.05, 0.1) is 12.8 Å². The summed E-state index contributed by atoms with van der Waals surface area (Å²) < 4.78 is 21.4. The highest BCUT2D eigenvalue weighted by molar-refractivity contribution is 6.20. The van der Waals surface area contributed by atoms with E-state index in [1.54, 1.807) is 29.9 Å². The minimum atomic E-state index is -0.538. The van der Waals surface area contributed by atoms with Crippen molar-refractivity contribution >= 4 is 17.9 Å². The fourth-order valence-corrected chi connectivity index (χ4v) is 5.17. The van der Waals surface area contributed by atoms with Gasteiger partial charge in [0, 0.05) is 28.9 Å². The zero-order valence-electron chi connectivity index (χ0n) is 21.3. The Kier molecular flexibility index (Phi) is 6.93. The molecule has 2 aromatic carbocycles. The van der Waals surface area contributed by atoms with Crippen LogP contribution < -0.4 is 4.74 Å². The lowest BCUT2D eigenvalue weighted by Gasteiger charge is -2.36. The van der Waals surface area contributed by atoms with Gasteiger partial charge in [0.25, 0.3) is 11.8 Å². The molecule has 5 rings (SSSR count). The van der Waals surface area contributed by atoms with Crippen LogP contribution in [0.1, 0.15) is 44.6 Å². The molecule has 8 heteroatoms. The number of rotatable bonds is 5. The number of aromatic nitrogens is 2. The molecule has 1 aromatic heterocycles. The Hall–Kier alpha value is -4.51. The third kappa shape index (κ3) is 4.52. The first-order valence-corrected chi connectivity index (χ1v) is 12.6. The van der Waals surface area contributed by atoms with Crippen LogP contribution in [0, 0.1) is 17.1 Å². The first-order chi connectivity index (χ1) is 18.4. The number of halogens is 1. The first kappa shape index (κ1) is 25.2. The average molecular weight is 511 g/mol. The summed E-state index contributed by atoms with van der Waals surface area (Å²) in [7, 11) is 1.40. The number of imide groups is 1. The molecule has 1 aliphatic carbocycles. The van der Waals surface area contributed by atoms with Gasteiger partial charge in [-0.1, -0.05) is 37.5 Å². The van der Waals surface area contributed by atoms with Gasteiger partial charge in [0.15, 0.2) is 11.6 Å². The highest BCUT2D eigenvalue weighted by Gasteiger charge is 2.40. The molecule has 2 heterocycles. The van der Waals surface area contributed by atoms with Crippen molar-refractivity contribution in [2.75, 3.05) is 7.11 Å². The van der Waals surface area contributed by atoms with Gasteiger partial charge in [-0.05, 0) is 61.7 Å². The molecule has 0 spiro atoms. The standard InChI is InChI=1S/C30H27FN4O3/c1-19-24(29(36)35(30(37)25(19)17-32)23-11-7-4-8-12-23)15-21-18-34(22-9-5-3-6-10-22)33-28(21)20-13-14-27(38-2)26(31)16-20/h3,5-6,9-10,13-16,18,23H,4,7-8,11-12H2,1-2H3/b24-15+. The van der Waals surface area contributed by atoms with Crippen LogP contribution in [-0.2, 0) is 9.59 Å². The van der Waals surface area contributed by atoms with Gasteiger partial charge in [-0.3, -0.25) is 14.5 Å². The van der Waals surface area contributed by atoms with E-state index in [4.69, 9.17) is 9.84 Å². The van der Waals surface area contributed by atoms with E-state index in [2.05, 4.69) is 0 Å². The number of ether oxygens (including phenoxy) is 1. The van der Waals surface area contributed by atoms with Crippen molar-refractivity contribution in [1.82, 2.24) is 14.7 Å². The third-order valence-electron chi connectivity index (χ3n) is 7.20. The lowest BCUT2D eigenvalue weighted by molar-refractivity contribution is -0.143. The fourth-order valence-electron chi connectivity index (χ4n) is 5.17. The van der Waals surface area contributed by atoms with Gasteiger partial charge in [-0.2, -0.15) is 10.4 Å². The minimum absolute atomic E-state index is 0.0334. The Balaban J connectivity index is 1.67. The summed E-state index contributed by atoms with van der Waals surface area (Å²) in [5, 5.41) is 14.5. The van der Waals surface area contributed by atoms with E-state index in [1.165, 1.54) is 24.1 Å². The number of nitrogens with zero attached hydrogens (tertiary/aromatic N) is 4. The van der Waals surface area contributed by atoms with Gasteiger partial charge in [0.1, 0.15) is 17.3 Å². The van der Waals surface area contributed by atoms with Crippen molar-refractivity contribution < 1.29 is 18.7 Å². The summed E-state index contributed by atoms with van der Waals surface area (Å²) in [6.45, 7) is 1.62. The molecule has 2 amide bonds. The maximum absolute atomic E-state index is 14.7. The van der Waals surface area contributed by atoms with Crippen LogP contribution in [0.5, 0.6) is 5.75 Å². The number of para-hydroxylation sites is 1. The molecule has 0 saturated heterocycles. The summed E-state index contributed by atoms with van der Waals surface area (Å²) in [5.74, 6) is -1.38. The van der Waals surface area contributed by atoms with Gasteiger partial charge in [-0.25, -0.2) is 9.07 Å². The Morgan fingerprint density at radius 2 is 1.82 bits per heavy atom. The van der Waals surface area contributed by atoms with E-state index in [0.717, 1.165) is 37.8 Å². The minimum Gasteiger partial charge on any atom is -0.494 e. The smallest absolute Gasteiger partial charge is 0.271 e. The van der Waals surface area contributed by atoms with Crippen molar-refractivity contribution in [2.45, 2.75) is 45.1 Å². The van der Waals surface area contributed by atoms with E-state index in [-0.39, 0.29) is 22.9 Å². The number of nitriles is 1. The normalized spacial score (nSPS) is 17.7. The molecule has 1 saturated carbocycles. The summed E-state index contributed by atoms with van der Waals surface area (Å²) in [4.78, 5) is 28.2. The number of carbonyl (C=O) groups excluding carboxylic acids is 2. The topological polar surface area (TPSA) is 88.2 Å². The van der Waals surface area contributed by atoms with Crippen LogP contribution in [0.2, 0.25) is 0 Å². The second kappa shape index (κ2) is 10.5. The van der Waals surface area contributed by atoms with Crippen LogP contribution in [0.4, 0.5) is 4.39 Å². The number of benzene rings is 2. The Morgan fingerprint density at radius 3 is 2.47 bits per heavy atom. The Bertz CT molecular complexity index is 1510. The Labute approximate surface area is 220 Å². The molecule has 0 radical (unpaired) electrons. The van der Waals surface area contributed by atoms with E-state index >= 15 is 0 Å². The predicted molar refractivity (Wildman–Crippen MR) is 141 cm³/mol. The monoisotopic (exact) mass is 510 g/mol. The molecular weight excluding hydrogens is 483 g/mol. The van der Waals surface area contributed by atoms with Gasteiger partial charge in [-0.15, -0.1) is 0 Å². The molecule has 1 fully saturated rings. The van der Waals surface area contributed by atoms with Crippen LogP contribution in [0.3, 0.4) is 0 Å². The lowest BCUT2D eigenvalue weighted by Crippen LogP contribution is -2.49. The molecule has 3 aromatic rings. The number of hydrogen-bond acceptors (Lipinski definition) is 5. The molecule has 2 aliphatic rings.